The Labute approximate surface area is 70.9 Å². The molecule has 0 aliphatic heterocycles. The number of hydrogen-bond donors (Lipinski definition) is 0. The fraction of sp³-hybridized carbons (Fsp3) is 1.00. The minimum atomic E-state index is 0.216. The molecule has 0 saturated carbocycles. The lowest BCUT2D eigenvalue weighted by molar-refractivity contribution is 0.199. The van der Waals surface area contributed by atoms with Gasteiger partial charge in [0.25, 0.3) is 0 Å². The van der Waals surface area contributed by atoms with Crippen LogP contribution in [0.4, 0.5) is 0 Å². The summed E-state index contributed by atoms with van der Waals surface area (Å²) in [4.78, 5) is 0. The van der Waals surface area contributed by atoms with Gasteiger partial charge >= 0.3 is 0 Å². The van der Waals surface area contributed by atoms with Crippen LogP contribution in [-0.2, 0) is 4.74 Å². The van der Waals surface area contributed by atoms with Gasteiger partial charge in [-0.25, -0.2) is 0 Å². The van der Waals surface area contributed by atoms with Gasteiger partial charge in [-0.05, 0) is 12.8 Å². The number of halogens is 1. The standard InChI is InChI=1S/C7H17ClOSi/c1-9-5-3-7-10-6-2-4-8/h2-7,10H2,1H3. The molecule has 1 nitrogen and oxygen atoms in total. The van der Waals surface area contributed by atoms with Crippen LogP contribution >= 0.6 is 11.6 Å². The van der Waals surface area contributed by atoms with Gasteiger partial charge in [-0.3, -0.25) is 0 Å². The Hall–Kier alpha value is 0.467. The van der Waals surface area contributed by atoms with Gasteiger partial charge in [0.15, 0.2) is 0 Å². The van der Waals surface area contributed by atoms with Gasteiger partial charge in [0.1, 0.15) is 0 Å². The summed E-state index contributed by atoms with van der Waals surface area (Å²) < 4.78 is 4.94. The van der Waals surface area contributed by atoms with Crippen LogP contribution in [-0.4, -0.2) is 29.1 Å². The van der Waals surface area contributed by atoms with Crippen molar-refractivity contribution in [2.45, 2.75) is 24.9 Å². The van der Waals surface area contributed by atoms with E-state index in [1.807, 2.05) is 0 Å². The van der Waals surface area contributed by atoms with Crippen molar-refractivity contribution in [1.82, 2.24) is 0 Å². The maximum Gasteiger partial charge on any atom is 0.0459 e. The molecule has 0 unspecified atom stereocenters. The first kappa shape index (κ1) is 10.5. The average molecular weight is 181 g/mol. The summed E-state index contributed by atoms with van der Waals surface area (Å²) in [6.07, 6.45) is 2.48. The summed E-state index contributed by atoms with van der Waals surface area (Å²) in [6.45, 7) is 0.938. The minimum absolute atomic E-state index is 0.216. The minimum Gasteiger partial charge on any atom is -0.385 e. The van der Waals surface area contributed by atoms with E-state index in [1.165, 1.54) is 24.9 Å². The highest BCUT2D eigenvalue weighted by atomic mass is 35.5. The summed E-state index contributed by atoms with van der Waals surface area (Å²) in [5, 5.41) is 0. The van der Waals surface area contributed by atoms with Gasteiger partial charge in [0.2, 0.25) is 0 Å². The van der Waals surface area contributed by atoms with E-state index in [0.717, 1.165) is 12.5 Å². The average Bonchev–Trinajstić information content (AvgIpc) is 1.97. The number of alkyl halides is 1. The van der Waals surface area contributed by atoms with Crippen molar-refractivity contribution in [3.63, 3.8) is 0 Å². The first-order valence-electron chi connectivity index (χ1n) is 3.96. The lowest BCUT2D eigenvalue weighted by Crippen LogP contribution is -1.94. The molecule has 62 valence electrons. The summed E-state index contributed by atoms with van der Waals surface area (Å²) in [5.74, 6) is 0.845. The van der Waals surface area contributed by atoms with Crippen LogP contribution in [0.5, 0.6) is 0 Å². The van der Waals surface area contributed by atoms with Gasteiger partial charge in [-0.15, -0.1) is 11.6 Å². The number of methoxy groups -OCH3 is 1. The molecular formula is C7H17ClOSi. The summed E-state index contributed by atoms with van der Waals surface area (Å²) in [6, 6.07) is 2.83. The second kappa shape index (κ2) is 9.47. The molecule has 0 atom stereocenters. The molecule has 0 rings (SSSR count). The number of ether oxygens (including phenoxy) is 1. The highest BCUT2D eigenvalue weighted by Crippen LogP contribution is 1.97. The normalized spacial score (nSPS) is 11.4. The van der Waals surface area contributed by atoms with Gasteiger partial charge < -0.3 is 4.74 Å². The first-order chi connectivity index (χ1) is 4.91. The molecule has 0 radical (unpaired) electrons. The summed E-state index contributed by atoms with van der Waals surface area (Å²) >= 11 is 5.54. The third-order valence-electron chi connectivity index (χ3n) is 1.48. The first-order valence-corrected chi connectivity index (χ1v) is 6.50. The smallest absolute Gasteiger partial charge is 0.0459 e. The molecule has 0 aromatic carbocycles. The number of hydrogen-bond acceptors (Lipinski definition) is 1. The zero-order valence-electron chi connectivity index (χ0n) is 6.74. The van der Waals surface area contributed by atoms with E-state index in [2.05, 4.69) is 0 Å². The largest absolute Gasteiger partial charge is 0.385 e. The van der Waals surface area contributed by atoms with Crippen molar-refractivity contribution in [2.75, 3.05) is 19.6 Å². The van der Waals surface area contributed by atoms with E-state index in [-0.39, 0.29) is 9.52 Å². The van der Waals surface area contributed by atoms with E-state index in [9.17, 15) is 0 Å². The van der Waals surface area contributed by atoms with Crippen molar-refractivity contribution in [3.05, 3.63) is 0 Å². The predicted molar refractivity (Wildman–Crippen MR) is 50.0 cm³/mol. The molecule has 0 N–H and O–H groups in total. The van der Waals surface area contributed by atoms with Crippen molar-refractivity contribution in [1.29, 1.82) is 0 Å². The molecule has 0 aromatic rings. The molecule has 0 heterocycles. The molecule has 0 saturated heterocycles. The maximum absolute atomic E-state index is 5.54. The van der Waals surface area contributed by atoms with E-state index in [4.69, 9.17) is 16.3 Å². The van der Waals surface area contributed by atoms with E-state index >= 15 is 0 Å². The lowest BCUT2D eigenvalue weighted by atomic mass is 10.5. The second-order valence-corrected chi connectivity index (χ2v) is 4.95. The van der Waals surface area contributed by atoms with E-state index in [1.54, 1.807) is 7.11 Å². The highest BCUT2D eigenvalue weighted by Gasteiger charge is 1.89. The van der Waals surface area contributed by atoms with Crippen LogP contribution in [0, 0.1) is 0 Å². The molecule has 0 aliphatic carbocycles. The lowest BCUT2D eigenvalue weighted by Gasteiger charge is -1.97. The van der Waals surface area contributed by atoms with Crippen LogP contribution in [0.3, 0.4) is 0 Å². The van der Waals surface area contributed by atoms with Crippen LogP contribution in [0.15, 0.2) is 0 Å². The third-order valence-corrected chi connectivity index (χ3v) is 3.75. The predicted octanol–water partition coefficient (Wildman–Crippen LogP) is 1.66. The van der Waals surface area contributed by atoms with E-state index < -0.39 is 0 Å². The fourth-order valence-corrected chi connectivity index (χ4v) is 2.89. The maximum atomic E-state index is 5.54. The Kier molecular flexibility index (Phi) is 9.91. The molecule has 0 aliphatic rings. The SMILES string of the molecule is COCCC[SiH2]CCCCl. The monoisotopic (exact) mass is 180 g/mol. The van der Waals surface area contributed by atoms with Crippen molar-refractivity contribution < 1.29 is 4.74 Å². The molecule has 0 aromatic heterocycles. The van der Waals surface area contributed by atoms with Gasteiger partial charge in [0.05, 0.1) is 0 Å². The molecule has 3 heteroatoms. The fourth-order valence-electron chi connectivity index (χ4n) is 0.871. The quantitative estimate of drug-likeness (QED) is 0.329. The zero-order chi connectivity index (χ0) is 7.66. The molecule has 0 amide bonds. The Morgan fingerprint density at radius 3 is 2.60 bits per heavy atom. The van der Waals surface area contributed by atoms with Crippen LogP contribution < -0.4 is 0 Å². The summed E-state index contributed by atoms with van der Waals surface area (Å²) in [7, 11) is 1.98. The van der Waals surface area contributed by atoms with Gasteiger partial charge in [0, 0.05) is 29.1 Å². The molecule has 0 spiro atoms. The van der Waals surface area contributed by atoms with Crippen LogP contribution in [0.2, 0.25) is 12.1 Å². The Bertz CT molecular complexity index is 53.6. The Balaban J connectivity index is 2.65. The van der Waals surface area contributed by atoms with Crippen molar-refractivity contribution >= 4 is 21.1 Å². The highest BCUT2D eigenvalue weighted by molar-refractivity contribution is 6.35. The molecule has 10 heavy (non-hydrogen) atoms. The van der Waals surface area contributed by atoms with E-state index in [0.29, 0.717) is 0 Å². The number of rotatable bonds is 7. The molecule has 0 bridgehead atoms. The summed E-state index contributed by atoms with van der Waals surface area (Å²) in [5.41, 5.74) is 0. The van der Waals surface area contributed by atoms with Crippen LogP contribution in [0.1, 0.15) is 12.8 Å². The van der Waals surface area contributed by atoms with Crippen LogP contribution in [0.25, 0.3) is 0 Å². The zero-order valence-corrected chi connectivity index (χ0v) is 8.91. The molecular weight excluding hydrogens is 164 g/mol. The molecule has 0 fully saturated rings. The van der Waals surface area contributed by atoms with Crippen molar-refractivity contribution in [2.24, 2.45) is 0 Å². The topological polar surface area (TPSA) is 9.23 Å². The Morgan fingerprint density at radius 1 is 1.30 bits per heavy atom. The second-order valence-electron chi connectivity index (χ2n) is 2.45. The van der Waals surface area contributed by atoms with Gasteiger partial charge in [-0.2, -0.15) is 0 Å². The van der Waals surface area contributed by atoms with Gasteiger partial charge in [-0.1, -0.05) is 12.1 Å². The Morgan fingerprint density at radius 2 is 2.00 bits per heavy atom. The third kappa shape index (κ3) is 8.47. The van der Waals surface area contributed by atoms with Crippen molar-refractivity contribution in [3.8, 4) is 0 Å².